The molecule has 0 atom stereocenters. The fourth-order valence-corrected chi connectivity index (χ4v) is 3.14. The molecule has 2 aromatic rings. The Balaban J connectivity index is 1.76. The first-order valence-electron chi connectivity index (χ1n) is 6.65. The van der Waals surface area contributed by atoms with Gasteiger partial charge in [-0.1, -0.05) is 28.8 Å². The molecule has 1 N–H and O–H groups in total. The molecule has 0 saturated heterocycles. The van der Waals surface area contributed by atoms with E-state index in [1.165, 1.54) is 35.5 Å². The van der Waals surface area contributed by atoms with E-state index in [0.717, 1.165) is 30.3 Å². The number of nitrogens with zero attached hydrogens (tertiary/aromatic N) is 3. The predicted octanol–water partition coefficient (Wildman–Crippen LogP) is 2.53. The summed E-state index contributed by atoms with van der Waals surface area (Å²) in [5.74, 6) is 0. The third-order valence-electron chi connectivity index (χ3n) is 3.59. The van der Waals surface area contributed by atoms with Gasteiger partial charge in [-0.2, -0.15) is 0 Å². The first-order valence-corrected chi connectivity index (χ1v) is 7.42. The van der Waals surface area contributed by atoms with E-state index in [4.69, 9.17) is 0 Å². The second-order valence-electron chi connectivity index (χ2n) is 4.88. The van der Waals surface area contributed by atoms with Crippen LogP contribution in [0.5, 0.6) is 0 Å². The Morgan fingerprint density at radius 1 is 1.32 bits per heavy atom. The van der Waals surface area contributed by atoms with Gasteiger partial charge in [0.25, 0.3) is 0 Å². The van der Waals surface area contributed by atoms with Crippen molar-refractivity contribution >= 4 is 16.5 Å². The topological polar surface area (TPSA) is 41.1 Å². The lowest BCUT2D eigenvalue weighted by Crippen LogP contribution is -2.23. The summed E-state index contributed by atoms with van der Waals surface area (Å²) < 4.78 is 4.03. The SMILES string of the molecule is CNc1snnc1CN1CCCc2ccccc2C1. The van der Waals surface area contributed by atoms with Crippen LogP contribution in [-0.4, -0.2) is 28.1 Å². The Morgan fingerprint density at radius 3 is 3.00 bits per heavy atom. The predicted molar refractivity (Wildman–Crippen MR) is 78.3 cm³/mol. The number of benzene rings is 1. The van der Waals surface area contributed by atoms with Gasteiger partial charge in [-0.3, -0.25) is 4.90 Å². The molecule has 0 spiro atoms. The Bertz CT molecular complexity index is 552. The molecule has 5 heteroatoms. The van der Waals surface area contributed by atoms with Gasteiger partial charge < -0.3 is 5.32 Å². The fraction of sp³-hybridized carbons (Fsp3) is 0.429. The van der Waals surface area contributed by atoms with Crippen LogP contribution in [0.3, 0.4) is 0 Å². The van der Waals surface area contributed by atoms with Gasteiger partial charge in [0.15, 0.2) is 0 Å². The van der Waals surface area contributed by atoms with Crippen LogP contribution in [0, 0.1) is 0 Å². The molecule has 0 bridgehead atoms. The Kier molecular flexibility index (Phi) is 3.75. The van der Waals surface area contributed by atoms with Crippen LogP contribution in [0.15, 0.2) is 24.3 Å². The summed E-state index contributed by atoms with van der Waals surface area (Å²) in [6.45, 7) is 3.01. The van der Waals surface area contributed by atoms with Crippen LogP contribution in [0.1, 0.15) is 23.2 Å². The molecule has 1 aliphatic rings. The van der Waals surface area contributed by atoms with E-state index in [0.29, 0.717) is 0 Å². The smallest absolute Gasteiger partial charge is 0.134 e. The minimum atomic E-state index is 0.876. The average Bonchev–Trinajstić information content (AvgIpc) is 2.77. The van der Waals surface area contributed by atoms with Gasteiger partial charge in [0.05, 0.1) is 0 Å². The maximum absolute atomic E-state index is 4.23. The minimum absolute atomic E-state index is 0.876. The lowest BCUT2D eigenvalue weighted by atomic mass is 10.0. The lowest BCUT2D eigenvalue weighted by Gasteiger charge is -2.19. The highest BCUT2D eigenvalue weighted by atomic mass is 32.1. The highest BCUT2D eigenvalue weighted by Crippen LogP contribution is 2.23. The molecule has 0 radical (unpaired) electrons. The molecule has 0 amide bonds. The van der Waals surface area contributed by atoms with Crippen LogP contribution in [0.2, 0.25) is 0 Å². The summed E-state index contributed by atoms with van der Waals surface area (Å²) in [5, 5.41) is 8.48. The number of anilines is 1. The van der Waals surface area contributed by atoms with Crippen LogP contribution in [-0.2, 0) is 19.5 Å². The average molecular weight is 274 g/mol. The summed E-state index contributed by atoms with van der Waals surface area (Å²) in [6, 6.07) is 8.76. The number of hydrogen-bond acceptors (Lipinski definition) is 5. The van der Waals surface area contributed by atoms with E-state index in [9.17, 15) is 0 Å². The normalized spacial score (nSPS) is 15.8. The van der Waals surface area contributed by atoms with E-state index in [2.05, 4.69) is 44.1 Å². The van der Waals surface area contributed by atoms with Crippen molar-refractivity contribution in [1.29, 1.82) is 0 Å². The molecule has 0 aliphatic carbocycles. The molecule has 0 fully saturated rings. The zero-order chi connectivity index (χ0) is 13.1. The second kappa shape index (κ2) is 5.67. The number of hydrogen-bond donors (Lipinski definition) is 1. The van der Waals surface area contributed by atoms with Crippen molar-refractivity contribution in [2.24, 2.45) is 0 Å². The molecule has 1 aromatic carbocycles. The Labute approximate surface area is 117 Å². The number of aromatic nitrogens is 2. The third-order valence-corrected chi connectivity index (χ3v) is 4.37. The van der Waals surface area contributed by atoms with Gasteiger partial charge in [0, 0.05) is 31.7 Å². The third kappa shape index (κ3) is 2.77. The number of fused-ring (bicyclic) bond motifs is 1. The molecule has 3 rings (SSSR count). The number of rotatable bonds is 3. The second-order valence-corrected chi connectivity index (χ2v) is 5.64. The van der Waals surface area contributed by atoms with Crippen LogP contribution >= 0.6 is 11.5 Å². The van der Waals surface area contributed by atoms with Crippen molar-refractivity contribution in [3.8, 4) is 0 Å². The highest BCUT2D eigenvalue weighted by molar-refractivity contribution is 7.10. The van der Waals surface area contributed by atoms with Gasteiger partial charge >= 0.3 is 0 Å². The minimum Gasteiger partial charge on any atom is -0.377 e. The first-order chi connectivity index (χ1) is 9.36. The molecule has 19 heavy (non-hydrogen) atoms. The number of nitrogens with one attached hydrogen (secondary N) is 1. The van der Waals surface area contributed by atoms with Crippen molar-refractivity contribution in [2.75, 3.05) is 18.9 Å². The summed E-state index contributed by atoms with van der Waals surface area (Å²) in [6.07, 6.45) is 2.39. The molecule has 4 nitrogen and oxygen atoms in total. The largest absolute Gasteiger partial charge is 0.377 e. The maximum Gasteiger partial charge on any atom is 0.134 e. The molecule has 0 unspecified atom stereocenters. The zero-order valence-corrected chi connectivity index (χ0v) is 11.9. The molecule has 1 aliphatic heterocycles. The van der Waals surface area contributed by atoms with E-state index < -0.39 is 0 Å². The van der Waals surface area contributed by atoms with Crippen molar-refractivity contribution in [1.82, 2.24) is 14.5 Å². The van der Waals surface area contributed by atoms with Gasteiger partial charge in [-0.05, 0) is 30.5 Å². The monoisotopic (exact) mass is 274 g/mol. The van der Waals surface area contributed by atoms with Crippen LogP contribution in [0.25, 0.3) is 0 Å². The summed E-state index contributed by atoms with van der Waals surface area (Å²) >= 11 is 1.43. The zero-order valence-electron chi connectivity index (χ0n) is 11.1. The summed E-state index contributed by atoms with van der Waals surface area (Å²) in [7, 11) is 1.93. The summed E-state index contributed by atoms with van der Waals surface area (Å²) in [4.78, 5) is 2.46. The van der Waals surface area contributed by atoms with Gasteiger partial charge in [0.1, 0.15) is 10.7 Å². The van der Waals surface area contributed by atoms with Crippen molar-refractivity contribution in [3.05, 3.63) is 41.1 Å². The lowest BCUT2D eigenvalue weighted by molar-refractivity contribution is 0.258. The van der Waals surface area contributed by atoms with Gasteiger partial charge in [-0.15, -0.1) is 5.10 Å². The molecule has 0 saturated carbocycles. The van der Waals surface area contributed by atoms with E-state index in [1.807, 2.05) is 7.05 Å². The summed E-state index contributed by atoms with van der Waals surface area (Å²) in [5.41, 5.74) is 4.01. The molecule has 100 valence electrons. The Morgan fingerprint density at radius 2 is 2.16 bits per heavy atom. The van der Waals surface area contributed by atoms with E-state index >= 15 is 0 Å². The van der Waals surface area contributed by atoms with Crippen molar-refractivity contribution in [2.45, 2.75) is 25.9 Å². The van der Waals surface area contributed by atoms with Crippen molar-refractivity contribution < 1.29 is 0 Å². The van der Waals surface area contributed by atoms with E-state index in [-0.39, 0.29) is 0 Å². The molecule has 1 aromatic heterocycles. The maximum atomic E-state index is 4.23. The first kappa shape index (κ1) is 12.6. The van der Waals surface area contributed by atoms with Gasteiger partial charge in [0.2, 0.25) is 0 Å². The van der Waals surface area contributed by atoms with Gasteiger partial charge in [-0.25, -0.2) is 0 Å². The van der Waals surface area contributed by atoms with Crippen molar-refractivity contribution in [3.63, 3.8) is 0 Å². The fourth-order valence-electron chi connectivity index (χ4n) is 2.62. The number of aryl methyl sites for hydroxylation is 1. The molecule has 2 heterocycles. The molecular formula is C14H18N4S. The van der Waals surface area contributed by atoms with Crippen LogP contribution in [0.4, 0.5) is 5.00 Å². The Hall–Kier alpha value is -1.46. The molecular weight excluding hydrogens is 256 g/mol. The van der Waals surface area contributed by atoms with E-state index in [1.54, 1.807) is 0 Å². The highest BCUT2D eigenvalue weighted by Gasteiger charge is 2.16. The quantitative estimate of drug-likeness (QED) is 0.934. The standard InChI is InChI=1S/C14H18N4S/c1-15-14-13(16-17-19-14)10-18-8-4-7-11-5-2-3-6-12(11)9-18/h2-3,5-6,15H,4,7-10H2,1H3. The van der Waals surface area contributed by atoms with Crippen LogP contribution < -0.4 is 5.32 Å².